The zero-order chi connectivity index (χ0) is 27.6. The van der Waals surface area contributed by atoms with Crippen LogP contribution in [0.5, 0.6) is 0 Å². The second-order valence-electron chi connectivity index (χ2n) is 9.46. The predicted molar refractivity (Wildman–Crippen MR) is 147 cm³/mol. The average molecular weight is 530 g/mol. The lowest BCUT2D eigenvalue weighted by atomic mass is 9.97. The molecule has 4 aromatic rings. The van der Waals surface area contributed by atoms with Crippen molar-refractivity contribution in [2.45, 2.75) is 26.1 Å². The molecule has 1 heterocycles. The van der Waals surface area contributed by atoms with Crippen molar-refractivity contribution in [1.82, 2.24) is 0 Å². The lowest BCUT2D eigenvalue weighted by Gasteiger charge is -2.31. The van der Waals surface area contributed by atoms with Crippen molar-refractivity contribution in [3.05, 3.63) is 113 Å². The molecule has 5 nitrogen and oxygen atoms in total. The highest BCUT2D eigenvalue weighted by Gasteiger charge is 2.30. The van der Waals surface area contributed by atoms with Crippen molar-refractivity contribution in [3.63, 3.8) is 0 Å². The number of nitrogens with one attached hydrogen (secondary N) is 2. The van der Waals surface area contributed by atoms with Gasteiger partial charge in [-0.3, -0.25) is 9.59 Å². The Morgan fingerprint density at radius 2 is 1.49 bits per heavy atom. The van der Waals surface area contributed by atoms with Crippen molar-refractivity contribution in [1.29, 1.82) is 0 Å². The number of carbonyl (C=O) groups is 2. The SMILES string of the molecule is CC(=O)Nc1ccc(N2CCc3cc(NC(=O)c4ccccc4-c4ccc(C(F)(F)F)cc4)ccc3C2)cc1. The molecule has 5 rings (SSSR count). The van der Waals surface area contributed by atoms with E-state index in [-0.39, 0.29) is 11.8 Å². The van der Waals surface area contributed by atoms with Gasteiger partial charge in [-0.1, -0.05) is 36.4 Å². The number of hydrogen-bond donors (Lipinski definition) is 2. The van der Waals surface area contributed by atoms with Crippen LogP contribution in [0.1, 0.15) is 34.0 Å². The maximum Gasteiger partial charge on any atom is 0.416 e. The number of hydrogen-bond acceptors (Lipinski definition) is 3. The first kappa shape index (κ1) is 26.0. The summed E-state index contributed by atoms with van der Waals surface area (Å²) >= 11 is 0. The number of benzene rings is 4. The molecule has 0 bridgehead atoms. The van der Waals surface area contributed by atoms with E-state index in [9.17, 15) is 22.8 Å². The van der Waals surface area contributed by atoms with Crippen molar-refractivity contribution in [3.8, 4) is 11.1 Å². The fraction of sp³-hybridized carbons (Fsp3) is 0.161. The monoisotopic (exact) mass is 529 g/mol. The van der Waals surface area contributed by atoms with E-state index in [1.807, 2.05) is 42.5 Å². The Kier molecular flexibility index (Phi) is 7.11. The lowest BCUT2D eigenvalue weighted by Crippen LogP contribution is -2.30. The first-order chi connectivity index (χ1) is 18.7. The summed E-state index contributed by atoms with van der Waals surface area (Å²) < 4.78 is 38.9. The lowest BCUT2D eigenvalue weighted by molar-refractivity contribution is -0.137. The van der Waals surface area contributed by atoms with Crippen LogP contribution >= 0.6 is 0 Å². The summed E-state index contributed by atoms with van der Waals surface area (Å²) in [6, 6.07) is 25.3. The second-order valence-corrected chi connectivity index (χ2v) is 9.46. The van der Waals surface area contributed by atoms with Crippen LogP contribution in [0, 0.1) is 0 Å². The highest BCUT2D eigenvalue weighted by Crippen LogP contribution is 2.32. The highest BCUT2D eigenvalue weighted by atomic mass is 19.4. The summed E-state index contributed by atoms with van der Waals surface area (Å²) in [6.07, 6.45) is -3.62. The van der Waals surface area contributed by atoms with E-state index in [0.717, 1.165) is 54.1 Å². The summed E-state index contributed by atoms with van der Waals surface area (Å²) in [7, 11) is 0. The van der Waals surface area contributed by atoms with Gasteiger partial charge in [0, 0.05) is 42.6 Å². The summed E-state index contributed by atoms with van der Waals surface area (Å²) in [5, 5.41) is 5.72. The zero-order valence-corrected chi connectivity index (χ0v) is 21.2. The minimum absolute atomic E-state index is 0.111. The minimum Gasteiger partial charge on any atom is -0.367 e. The van der Waals surface area contributed by atoms with E-state index in [2.05, 4.69) is 15.5 Å². The van der Waals surface area contributed by atoms with Gasteiger partial charge >= 0.3 is 6.18 Å². The topological polar surface area (TPSA) is 61.4 Å². The molecule has 0 fully saturated rings. The van der Waals surface area contributed by atoms with Crippen molar-refractivity contribution in [2.75, 3.05) is 22.1 Å². The third-order valence-electron chi connectivity index (χ3n) is 6.72. The Bertz CT molecular complexity index is 1510. The summed E-state index contributed by atoms with van der Waals surface area (Å²) in [5.41, 5.74) is 5.52. The van der Waals surface area contributed by atoms with E-state index in [0.29, 0.717) is 22.4 Å². The molecule has 8 heteroatoms. The Hall–Kier alpha value is -4.59. The molecule has 2 N–H and O–H groups in total. The summed E-state index contributed by atoms with van der Waals surface area (Å²) in [5.74, 6) is -0.442. The van der Waals surface area contributed by atoms with Gasteiger partial charge in [-0.05, 0) is 83.3 Å². The Morgan fingerprint density at radius 1 is 0.795 bits per heavy atom. The fourth-order valence-corrected chi connectivity index (χ4v) is 4.78. The van der Waals surface area contributed by atoms with Gasteiger partial charge in [-0.15, -0.1) is 0 Å². The number of carbonyl (C=O) groups excluding carboxylic acids is 2. The standard InChI is InChI=1S/C31H26F3N3O2/c1-20(38)35-25-12-14-27(15-13-25)37-17-16-22-18-26(11-8-23(22)19-37)36-30(39)29-5-3-2-4-28(29)21-6-9-24(10-7-21)31(32,33)34/h2-15,18H,16-17,19H2,1H3,(H,35,38)(H,36,39). The fourth-order valence-electron chi connectivity index (χ4n) is 4.78. The van der Waals surface area contributed by atoms with Gasteiger partial charge < -0.3 is 15.5 Å². The van der Waals surface area contributed by atoms with Gasteiger partial charge in [-0.25, -0.2) is 0 Å². The first-order valence-corrected chi connectivity index (χ1v) is 12.5. The zero-order valence-electron chi connectivity index (χ0n) is 21.2. The van der Waals surface area contributed by atoms with Crippen LogP contribution in [-0.4, -0.2) is 18.4 Å². The predicted octanol–water partition coefficient (Wildman–Crippen LogP) is 7.15. The average Bonchev–Trinajstić information content (AvgIpc) is 2.92. The minimum atomic E-state index is -4.42. The molecule has 1 aliphatic heterocycles. The van der Waals surface area contributed by atoms with E-state index >= 15 is 0 Å². The van der Waals surface area contributed by atoms with Gasteiger partial charge in [-0.2, -0.15) is 13.2 Å². The normalized spacial score (nSPS) is 13.0. The molecule has 0 saturated carbocycles. The maximum atomic E-state index is 13.2. The molecule has 198 valence electrons. The Labute approximate surface area is 224 Å². The molecule has 39 heavy (non-hydrogen) atoms. The third-order valence-corrected chi connectivity index (χ3v) is 6.72. The number of anilines is 3. The van der Waals surface area contributed by atoms with Gasteiger partial charge in [0.2, 0.25) is 5.91 Å². The van der Waals surface area contributed by atoms with Gasteiger partial charge in [0.1, 0.15) is 0 Å². The molecule has 0 saturated heterocycles. The second kappa shape index (κ2) is 10.6. The number of alkyl halides is 3. The number of rotatable bonds is 5. The molecule has 4 aromatic carbocycles. The summed E-state index contributed by atoms with van der Waals surface area (Å²) in [6.45, 7) is 3.00. The molecule has 0 radical (unpaired) electrons. The molecule has 0 aromatic heterocycles. The smallest absolute Gasteiger partial charge is 0.367 e. The maximum absolute atomic E-state index is 13.2. The molecule has 2 amide bonds. The van der Waals surface area contributed by atoms with Crippen LogP contribution < -0.4 is 15.5 Å². The number of amides is 2. The van der Waals surface area contributed by atoms with Crippen molar-refractivity contribution < 1.29 is 22.8 Å². The van der Waals surface area contributed by atoms with E-state index in [1.165, 1.54) is 19.1 Å². The molecular weight excluding hydrogens is 503 g/mol. The van der Waals surface area contributed by atoms with E-state index in [4.69, 9.17) is 0 Å². The van der Waals surface area contributed by atoms with Crippen LogP contribution in [-0.2, 0) is 23.9 Å². The number of halogens is 3. The van der Waals surface area contributed by atoms with Crippen LogP contribution in [0.15, 0.2) is 91.0 Å². The highest BCUT2D eigenvalue weighted by molar-refractivity contribution is 6.08. The van der Waals surface area contributed by atoms with Crippen molar-refractivity contribution >= 4 is 28.9 Å². The molecule has 0 unspecified atom stereocenters. The quantitative estimate of drug-likeness (QED) is 0.289. The molecule has 0 atom stereocenters. The van der Waals surface area contributed by atoms with Crippen LogP contribution in [0.2, 0.25) is 0 Å². The Balaban J connectivity index is 1.29. The third kappa shape index (κ3) is 5.95. The summed E-state index contributed by atoms with van der Waals surface area (Å²) in [4.78, 5) is 26.7. The van der Waals surface area contributed by atoms with Crippen LogP contribution in [0.4, 0.5) is 30.2 Å². The van der Waals surface area contributed by atoms with Gasteiger partial charge in [0.25, 0.3) is 5.91 Å². The van der Waals surface area contributed by atoms with E-state index < -0.39 is 11.7 Å². The number of nitrogens with zero attached hydrogens (tertiary/aromatic N) is 1. The first-order valence-electron chi connectivity index (χ1n) is 12.5. The molecule has 1 aliphatic rings. The van der Waals surface area contributed by atoms with Gasteiger partial charge in [0.05, 0.1) is 5.56 Å². The number of fused-ring (bicyclic) bond motifs is 1. The van der Waals surface area contributed by atoms with E-state index in [1.54, 1.807) is 24.3 Å². The van der Waals surface area contributed by atoms with Crippen LogP contribution in [0.25, 0.3) is 11.1 Å². The molecule has 0 spiro atoms. The molecular formula is C31H26F3N3O2. The Morgan fingerprint density at radius 3 is 2.18 bits per heavy atom. The van der Waals surface area contributed by atoms with Gasteiger partial charge in [0.15, 0.2) is 0 Å². The molecule has 0 aliphatic carbocycles. The van der Waals surface area contributed by atoms with Crippen LogP contribution in [0.3, 0.4) is 0 Å². The van der Waals surface area contributed by atoms with Crippen molar-refractivity contribution in [2.24, 2.45) is 0 Å². The largest absolute Gasteiger partial charge is 0.416 e.